The third-order valence-corrected chi connectivity index (χ3v) is 3.62. The molecule has 0 bridgehead atoms. The highest BCUT2D eigenvalue weighted by molar-refractivity contribution is 5.91. The van der Waals surface area contributed by atoms with Gasteiger partial charge in [-0.1, -0.05) is 12.8 Å². The lowest BCUT2D eigenvalue weighted by Crippen LogP contribution is -2.10. The second kappa shape index (κ2) is 4.49. The zero-order valence-electron chi connectivity index (χ0n) is 10.6. The Bertz CT molecular complexity index is 609. The van der Waals surface area contributed by atoms with Gasteiger partial charge in [0.15, 0.2) is 11.5 Å². The number of hydrogen-bond donors (Lipinski definition) is 2. The van der Waals surface area contributed by atoms with Crippen LogP contribution in [0.4, 0.5) is 0 Å². The first-order valence-electron chi connectivity index (χ1n) is 6.37. The van der Waals surface area contributed by atoms with Crippen LogP contribution in [0.3, 0.4) is 0 Å². The third-order valence-electron chi connectivity index (χ3n) is 3.62. The van der Waals surface area contributed by atoms with E-state index in [-0.39, 0.29) is 5.69 Å². The summed E-state index contributed by atoms with van der Waals surface area (Å²) in [5.41, 5.74) is 0.423. The molecule has 7 nitrogen and oxygen atoms in total. The van der Waals surface area contributed by atoms with E-state index < -0.39 is 5.97 Å². The van der Waals surface area contributed by atoms with E-state index in [4.69, 9.17) is 5.11 Å². The summed E-state index contributed by atoms with van der Waals surface area (Å²) < 4.78 is 2.02. The third kappa shape index (κ3) is 1.91. The van der Waals surface area contributed by atoms with Gasteiger partial charge >= 0.3 is 5.97 Å². The number of imidazole rings is 1. The smallest absolute Gasteiger partial charge is 0.354 e. The van der Waals surface area contributed by atoms with Crippen molar-refractivity contribution in [1.29, 1.82) is 0 Å². The molecule has 0 unspecified atom stereocenters. The van der Waals surface area contributed by atoms with Gasteiger partial charge in [-0.3, -0.25) is 0 Å². The number of aromatic nitrogens is 5. The van der Waals surface area contributed by atoms with Crippen LogP contribution >= 0.6 is 0 Å². The second-order valence-electron chi connectivity index (χ2n) is 4.81. The topological polar surface area (TPSA) is 96.7 Å². The van der Waals surface area contributed by atoms with Gasteiger partial charge < -0.3 is 14.7 Å². The van der Waals surface area contributed by atoms with Crippen LogP contribution in [0.25, 0.3) is 11.5 Å². The van der Waals surface area contributed by atoms with Gasteiger partial charge in [0.05, 0.1) is 6.33 Å². The van der Waals surface area contributed by atoms with Gasteiger partial charge in [0.25, 0.3) is 0 Å². The number of nitrogens with one attached hydrogen (secondary N) is 1. The molecule has 2 aromatic rings. The summed E-state index contributed by atoms with van der Waals surface area (Å²) in [6.45, 7) is 1.89. The van der Waals surface area contributed by atoms with Crippen molar-refractivity contribution in [3.05, 3.63) is 17.8 Å². The number of nitrogens with zero attached hydrogens (tertiary/aromatic N) is 4. The van der Waals surface area contributed by atoms with Gasteiger partial charge in [-0.25, -0.2) is 9.78 Å². The quantitative estimate of drug-likeness (QED) is 0.877. The molecule has 0 spiro atoms. The number of aromatic amines is 1. The molecule has 1 fully saturated rings. The van der Waals surface area contributed by atoms with Gasteiger partial charge in [-0.15, -0.1) is 10.2 Å². The molecule has 0 saturated heterocycles. The molecule has 0 amide bonds. The van der Waals surface area contributed by atoms with E-state index in [0.29, 0.717) is 17.6 Å². The SMILES string of the molecule is Cc1nnc(-c2nc[nH]c2C(=O)O)n1C1CCCC1. The Morgan fingerprint density at radius 1 is 1.42 bits per heavy atom. The first-order valence-corrected chi connectivity index (χ1v) is 6.37. The Labute approximate surface area is 109 Å². The maximum absolute atomic E-state index is 11.2. The highest BCUT2D eigenvalue weighted by Gasteiger charge is 2.26. The average Bonchev–Trinajstić information content (AvgIpc) is 3.06. The van der Waals surface area contributed by atoms with Crippen molar-refractivity contribution >= 4 is 5.97 Å². The maximum atomic E-state index is 11.2. The summed E-state index contributed by atoms with van der Waals surface area (Å²) in [5.74, 6) is 0.315. The molecule has 1 aliphatic rings. The average molecular weight is 261 g/mol. The minimum Gasteiger partial charge on any atom is -0.477 e. The van der Waals surface area contributed by atoms with Crippen LogP contribution in [0, 0.1) is 6.92 Å². The van der Waals surface area contributed by atoms with Crippen LogP contribution < -0.4 is 0 Å². The van der Waals surface area contributed by atoms with Crippen molar-refractivity contribution in [3.63, 3.8) is 0 Å². The first kappa shape index (κ1) is 11.9. The predicted molar refractivity (Wildman–Crippen MR) is 66.8 cm³/mol. The summed E-state index contributed by atoms with van der Waals surface area (Å²) in [7, 11) is 0. The van der Waals surface area contributed by atoms with Crippen LogP contribution in [-0.2, 0) is 0 Å². The molecule has 0 aliphatic heterocycles. The number of aromatic carboxylic acids is 1. The van der Waals surface area contributed by atoms with Crippen molar-refractivity contribution in [2.75, 3.05) is 0 Å². The van der Waals surface area contributed by atoms with Gasteiger partial charge in [0, 0.05) is 6.04 Å². The van der Waals surface area contributed by atoms with Crippen LogP contribution in [-0.4, -0.2) is 35.8 Å². The number of carboxylic acids is 1. The molecule has 0 radical (unpaired) electrons. The number of carbonyl (C=O) groups is 1. The van der Waals surface area contributed by atoms with Crippen LogP contribution in [0.5, 0.6) is 0 Å². The Hall–Kier alpha value is -2.18. The molecular weight excluding hydrogens is 246 g/mol. The van der Waals surface area contributed by atoms with E-state index in [0.717, 1.165) is 18.7 Å². The summed E-state index contributed by atoms with van der Waals surface area (Å²) in [5, 5.41) is 17.3. The van der Waals surface area contributed by atoms with Crippen molar-refractivity contribution in [1.82, 2.24) is 24.7 Å². The number of carboxylic acid groups (broad SMARTS) is 1. The van der Waals surface area contributed by atoms with Gasteiger partial charge in [0.1, 0.15) is 11.5 Å². The molecule has 2 aromatic heterocycles. The summed E-state index contributed by atoms with van der Waals surface area (Å²) in [4.78, 5) is 17.9. The predicted octanol–water partition coefficient (Wildman–Crippen LogP) is 1.79. The lowest BCUT2D eigenvalue weighted by molar-refractivity contribution is 0.0692. The normalized spacial score (nSPS) is 16.1. The van der Waals surface area contributed by atoms with Gasteiger partial charge in [0.2, 0.25) is 0 Å². The fourth-order valence-corrected chi connectivity index (χ4v) is 2.76. The molecule has 19 heavy (non-hydrogen) atoms. The molecule has 7 heteroatoms. The number of rotatable bonds is 3. The zero-order valence-corrected chi connectivity index (χ0v) is 10.6. The van der Waals surface area contributed by atoms with E-state index >= 15 is 0 Å². The largest absolute Gasteiger partial charge is 0.477 e. The lowest BCUT2D eigenvalue weighted by atomic mass is 10.2. The summed E-state index contributed by atoms with van der Waals surface area (Å²) in [6, 6.07) is 0.350. The number of aryl methyl sites for hydroxylation is 1. The number of H-pyrrole nitrogens is 1. The molecule has 0 atom stereocenters. The number of hydrogen-bond acceptors (Lipinski definition) is 4. The Kier molecular flexibility index (Phi) is 2.81. The van der Waals surface area contributed by atoms with Gasteiger partial charge in [-0.2, -0.15) is 0 Å². The molecule has 2 heterocycles. The first-order chi connectivity index (χ1) is 9.18. The van der Waals surface area contributed by atoms with Crippen molar-refractivity contribution < 1.29 is 9.90 Å². The molecule has 100 valence electrons. The Balaban J connectivity index is 2.10. The van der Waals surface area contributed by atoms with E-state index in [1.165, 1.54) is 19.2 Å². The highest BCUT2D eigenvalue weighted by Crippen LogP contribution is 2.33. The van der Waals surface area contributed by atoms with Crippen LogP contribution in [0.2, 0.25) is 0 Å². The van der Waals surface area contributed by atoms with E-state index in [2.05, 4.69) is 20.2 Å². The summed E-state index contributed by atoms with van der Waals surface area (Å²) >= 11 is 0. The standard InChI is InChI=1S/C12H15N5O2/c1-7-15-16-11(17(7)8-4-2-3-5-8)9-10(12(18)19)14-6-13-9/h6,8H,2-5H2,1H3,(H,13,14)(H,18,19). The minimum atomic E-state index is -1.04. The molecular formula is C12H15N5O2. The van der Waals surface area contributed by atoms with Gasteiger partial charge in [-0.05, 0) is 19.8 Å². The van der Waals surface area contributed by atoms with Crippen LogP contribution in [0.15, 0.2) is 6.33 Å². The maximum Gasteiger partial charge on any atom is 0.354 e. The zero-order chi connectivity index (χ0) is 13.4. The van der Waals surface area contributed by atoms with E-state index in [1.54, 1.807) is 0 Å². The Morgan fingerprint density at radius 3 is 2.84 bits per heavy atom. The highest BCUT2D eigenvalue weighted by atomic mass is 16.4. The molecule has 1 aliphatic carbocycles. The van der Waals surface area contributed by atoms with E-state index in [1.807, 2.05) is 11.5 Å². The fraction of sp³-hybridized carbons (Fsp3) is 0.500. The molecule has 1 saturated carbocycles. The lowest BCUT2D eigenvalue weighted by Gasteiger charge is -2.15. The minimum absolute atomic E-state index is 0.0617. The monoisotopic (exact) mass is 261 g/mol. The van der Waals surface area contributed by atoms with Crippen molar-refractivity contribution in [3.8, 4) is 11.5 Å². The molecule has 3 rings (SSSR count). The fourth-order valence-electron chi connectivity index (χ4n) is 2.76. The molecule has 0 aromatic carbocycles. The summed E-state index contributed by atoms with van der Waals surface area (Å²) in [6.07, 6.45) is 5.92. The van der Waals surface area contributed by atoms with Crippen LogP contribution in [0.1, 0.15) is 48.0 Å². The Morgan fingerprint density at radius 2 is 2.16 bits per heavy atom. The van der Waals surface area contributed by atoms with Crippen molar-refractivity contribution in [2.45, 2.75) is 38.6 Å². The van der Waals surface area contributed by atoms with Crippen molar-refractivity contribution in [2.24, 2.45) is 0 Å². The van der Waals surface area contributed by atoms with E-state index in [9.17, 15) is 4.79 Å². The molecule has 2 N–H and O–H groups in total. The second-order valence-corrected chi connectivity index (χ2v) is 4.81.